The lowest BCUT2D eigenvalue weighted by Crippen LogP contribution is -2.51. The molecule has 0 spiro atoms. The topological polar surface area (TPSA) is 65.5 Å². The number of anilines is 1. The Bertz CT molecular complexity index is 716. The summed E-state index contributed by atoms with van der Waals surface area (Å²) in [5.74, 6) is -0.389. The van der Waals surface area contributed by atoms with E-state index in [4.69, 9.17) is 5.11 Å². The van der Waals surface area contributed by atoms with Crippen LogP contribution in [0.1, 0.15) is 19.8 Å². The molecule has 0 amide bonds. The maximum absolute atomic E-state index is 13.5. The molecule has 0 atom stereocenters. The molecule has 0 radical (unpaired) electrons. The molecule has 0 bridgehead atoms. The van der Waals surface area contributed by atoms with Crippen molar-refractivity contribution in [2.24, 2.45) is 0 Å². The number of hydrogen-bond donors (Lipinski definition) is 2. The van der Waals surface area contributed by atoms with Crippen LogP contribution in [0.4, 0.5) is 10.2 Å². The van der Waals surface area contributed by atoms with Crippen molar-refractivity contribution >= 4 is 22.6 Å². The Morgan fingerprint density at radius 1 is 1.43 bits per heavy atom. The zero-order valence-corrected chi connectivity index (χ0v) is 13.0. The average Bonchev–Trinajstić information content (AvgIpc) is 2.48. The van der Waals surface area contributed by atoms with E-state index in [9.17, 15) is 9.18 Å². The fourth-order valence-corrected chi connectivity index (χ4v) is 3.13. The first-order valence-electron chi connectivity index (χ1n) is 7.83. The van der Waals surface area contributed by atoms with Gasteiger partial charge in [-0.2, -0.15) is 0 Å². The first kappa shape index (κ1) is 15.7. The summed E-state index contributed by atoms with van der Waals surface area (Å²) in [6.45, 7) is 2.77. The number of aliphatic carboxylic acids is 1. The van der Waals surface area contributed by atoms with Crippen molar-refractivity contribution < 1.29 is 14.3 Å². The van der Waals surface area contributed by atoms with Gasteiger partial charge < -0.3 is 10.4 Å². The van der Waals surface area contributed by atoms with Crippen LogP contribution in [0, 0.1) is 5.82 Å². The van der Waals surface area contributed by atoms with Gasteiger partial charge in [-0.15, -0.1) is 0 Å². The number of benzene rings is 1. The van der Waals surface area contributed by atoms with Crippen LogP contribution < -0.4 is 5.32 Å². The van der Waals surface area contributed by atoms with Crippen molar-refractivity contribution in [3.63, 3.8) is 0 Å². The van der Waals surface area contributed by atoms with Crippen LogP contribution in [0.5, 0.6) is 0 Å². The quantitative estimate of drug-likeness (QED) is 0.857. The van der Waals surface area contributed by atoms with Gasteiger partial charge in [0.05, 0.1) is 6.54 Å². The molecule has 1 aromatic heterocycles. The highest BCUT2D eigenvalue weighted by molar-refractivity contribution is 5.91. The third-order valence-electron chi connectivity index (χ3n) is 4.44. The first-order chi connectivity index (χ1) is 11.1. The van der Waals surface area contributed by atoms with E-state index in [0.717, 1.165) is 30.2 Å². The van der Waals surface area contributed by atoms with Gasteiger partial charge in [0.1, 0.15) is 11.6 Å². The SMILES string of the molecule is CCN(CC(=O)O)C1CC(Nc2nccc3ccc(F)cc23)C1. The Balaban J connectivity index is 1.66. The Kier molecular flexibility index (Phi) is 4.43. The zero-order chi connectivity index (χ0) is 16.4. The normalized spacial score (nSPS) is 20.5. The van der Waals surface area contributed by atoms with Gasteiger partial charge >= 0.3 is 5.97 Å². The minimum Gasteiger partial charge on any atom is -0.480 e. The highest BCUT2D eigenvalue weighted by atomic mass is 19.1. The summed E-state index contributed by atoms with van der Waals surface area (Å²) in [5.41, 5.74) is 0. The molecule has 1 aliphatic rings. The number of rotatable bonds is 6. The van der Waals surface area contributed by atoms with Crippen molar-refractivity contribution in [3.8, 4) is 0 Å². The summed E-state index contributed by atoms with van der Waals surface area (Å²) >= 11 is 0. The van der Waals surface area contributed by atoms with Crippen LogP contribution in [0.15, 0.2) is 30.5 Å². The molecule has 6 heteroatoms. The van der Waals surface area contributed by atoms with E-state index in [2.05, 4.69) is 10.3 Å². The summed E-state index contributed by atoms with van der Waals surface area (Å²) in [4.78, 5) is 17.2. The summed E-state index contributed by atoms with van der Waals surface area (Å²) < 4.78 is 13.5. The molecule has 0 saturated heterocycles. The molecule has 122 valence electrons. The van der Waals surface area contributed by atoms with E-state index in [1.54, 1.807) is 12.3 Å². The molecule has 3 rings (SSSR count). The number of halogens is 1. The number of carboxylic acid groups (broad SMARTS) is 1. The van der Waals surface area contributed by atoms with E-state index in [0.29, 0.717) is 5.82 Å². The van der Waals surface area contributed by atoms with Crippen LogP contribution in [-0.4, -0.2) is 46.1 Å². The number of carbonyl (C=O) groups is 1. The molecule has 2 aromatic rings. The van der Waals surface area contributed by atoms with Crippen LogP contribution in [0.3, 0.4) is 0 Å². The van der Waals surface area contributed by atoms with Crippen LogP contribution in [0.25, 0.3) is 10.8 Å². The average molecular weight is 317 g/mol. The minimum atomic E-state index is -0.797. The van der Waals surface area contributed by atoms with Gasteiger partial charge in [-0.25, -0.2) is 9.37 Å². The van der Waals surface area contributed by atoms with Crippen molar-refractivity contribution in [3.05, 3.63) is 36.3 Å². The van der Waals surface area contributed by atoms with Crippen LogP contribution >= 0.6 is 0 Å². The molecule has 1 saturated carbocycles. The Hall–Kier alpha value is -2.21. The summed E-state index contributed by atoms with van der Waals surface area (Å²) in [5, 5.41) is 14.0. The third kappa shape index (κ3) is 3.42. The number of pyridine rings is 1. The largest absolute Gasteiger partial charge is 0.480 e. The maximum Gasteiger partial charge on any atom is 0.317 e. The molecule has 1 aromatic carbocycles. The second kappa shape index (κ2) is 6.50. The third-order valence-corrected chi connectivity index (χ3v) is 4.44. The molecule has 2 N–H and O–H groups in total. The molecule has 0 unspecified atom stereocenters. The molecule has 1 fully saturated rings. The molecular weight excluding hydrogens is 297 g/mol. The minimum absolute atomic E-state index is 0.0750. The Labute approximate surface area is 134 Å². The van der Waals surface area contributed by atoms with Crippen molar-refractivity contribution in [1.29, 1.82) is 0 Å². The number of likely N-dealkylation sites (N-methyl/N-ethyl adjacent to an activating group) is 1. The number of fused-ring (bicyclic) bond motifs is 1. The number of aromatic nitrogens is 1. The highest BCUT2D eigenvalue weighted by Gasteiger charge is 2.34. The van der Waals surface area contributed by atoms with Gasteiger partial charge in [0.2, 0.25) is 0 Å². The van der Waals surface area contributed by atoms with E-state index in [1.165, 1.54) is 12.1 Å². The van der Waals surface area contributed by atoms with E-state index in [-0.39, 0.29) is 24.4 Å². The number of carboxylic acids is 1. The van der Waals surface area contributed by atoms with Gasteiger partial charge in [-0.1, -0.05) is 13.0 Å². The predicted molar refractivity (Wildman–Crippen MR) is 87.0 cm³/mol. The smallest absolute Gasteiger partial charge is 0.317 e. The molecule has 1 aliphatic carbocycles. The van der Waals surface area contributed by atoms with Crippen molar-refractivity contribution in [1.82, 2.24) is 9.88 Å². The van der Waals surface area contributed by atoms with Gasteiger partial charge in [0.25, 0.3) is 0 Å². The van der Waals surface area contributed by atoms with Gasteiger partial charge in [0.15, 0.2) is 0 Å². The summed E-state index contributed by atoms with van der Waals surface area (Å²) in [6, 6.07) is 7.05. The molecule has 0 aliphatic heterocycles. The van der Waals surface area contributed by atoms with E-state index < -0.39 is 5.97 Å². The van der Waals surface area contributed by atoms with E-state index in [1.807, 2.05) is 17.9 Å². The standard InChI is InChI=1S/C17H20FN3O2/c1-2-21(10-16(22)23)14-8-13(9-14)20-17-15-7-12(18)4-3-11(15)5-6-19-17/h3-7,13-14H,2,8-10H2,1H3,(H,19,20)(H,22,23). The molecule has 1 heterocycles. The lowest BCUT2D eigenvalue weighted by Gasteiger charge is -2.42. The molecular formula is C17H20FN3O2. The van der Waals surface area contributed by atoms with Crippen molar-refractivity contribution in [2.45, 2.75) is 31.8 Å². The number of nitrogens with zero attached hydrogens (tertiary/aromatic N) is 2. The second-order valence-electron chi connectivity index (χ2n) is 5.95. The Morgan fingerprint density at radius 2 is 2.22 bits per heavy atom. The summed E-state index contributed by atoms with van der Waals surface area (Å²) in [7, 11) is 0. The van der Waals surface area contributed by atoms with Crippen molar-refractivity contribution in [2.75, 3.05) is 18.4 Å². The van der Waals surface area contributed by atoms with Gasteiger partial charge in [-0.3, -0.25) is 9.69 Å². The fraction of sp³-hybridized carbons (Fsp3) is 0.412. The first-order valence-corrected chi connectivity index (χ1v) is 7.83. The molecule has 23 heavy (non-hydrogen) atoms. The highest BCUT2D eigenvalue weighted by Crippen LogP contribution is 2.30. The maximum atomic E-state index is 13.5. The van der Waals surface area contributed by atoms with Gasteiger partial charge in [0, 0.05) is 23.7 Å². The summed E-state index contributed by atoms with van der Waals surface area (Å²) in [6.07, 6.45) is 3.45. The predicted octanol–water partition coefficient (Wildman–Crippen LogP) is 2.72. The zero-order valence-electron chi connectivity index (χ0n) is 13.0. The van der Waals surface area contributed by atoms with E-state index >= 15 is 0 Å². The second-order valence-corrected chi connectivity index (χ2v) is 5.95. The molecule has 5 nitrogen and oxygen atoms in total. The fourth-order valence-electron chi connectivity index (χ4n) is 3.13. The number of nitrogens with one attached hydrogen (secondary N) is 1. The van der Waals surface area contributed by atoms with Crippen LogP contribution in [-0.2, 0) is 4.79 Å². The lowest BCUT2D eigenvalue weighted by atomic mass is 9.85. The Morgan fingerprint density at radius 3 is 2.91 bits per heavy atom. The van der Waals surface area contributed by atoms with Crippen LogP contribution in [0.2, 0.25) is 0 Å². The number of hydrogen-bond acceptors (Lipinski definition) is 4. The van der Waals surface area contributed by atoms with Gasteiger partial charge in [-0.05, 0) is 43.0 Å². The monoisotopic (exact) mass is 317 g/mol. The lowest BCUT2D eigenvalue weighted by molar-refractivity contribution is -0.139.